The van der Waals surface area contributed by atoms with E-state index in [0.717, 1.165) is 0 Å². The number of hydrogen-bond acceptors (Lipinski definition) is 5. The van der Waals surface area contributed by atoms with Crippen LogP contribution in [0.4, 0.5) is 11.4 Å². The molecule has 6 nitrogen and oxygen atoms in total. The van der Waals surface area contributed by atoms with Crippen molar-refractivity contribution in [2.24, 2.45) is 5.14 Å². The molecule has 0 aliphatic carbocycles. The molecule has 0 aromatic heterocycles. The van der Waals surface area contributed by atoms with Gasteiger partial charge in [-0.3, -0.25) is 0 Å². The first kappa shape index (κ1) is 15.7. The van der Waals surface area contributed by atoms with E-state index in [2.05, 4.69) is 0 Å². The van der Waals surface area contributed by atoms with Crippen LogP contribution in [0.15, 0.2) is 23.1 Å². The zero-order chi connectivity index (χ0) is 14.6. The molecule has 1 rings (SSSR count). The van der Waals surface area contributed by atoms with E-state index in [1.807, 2.05) is 18.7 Å². The summed E-state index contributed by atoms with van der Waals surface area (Å²) in [6, 6.07) is 4.88. The fourth-order valence-corrected chi connectivity index (χ4v) is 2.61. The van der Waals surface area contributed by atoms with Crippen molar-refractivity contribution in [3.05, 3.63) is 18.2 Å². The van der Waals surface area contributed by atoms with Crippen LogP contribution in [0, 0.1) is 0 Å². The van der Waals surface area contributed by atoms with Crippen LogP contribution in [0.3, 0.4) is 0 Å². The molecule has 108 valence electrons. The van der Waals surface area contributed by atoms with Gasteiger partial charge in [0.15, 0.2) is 0 Å². The monoisotopic (exact) mass is 287 g/mol. The fraction of sp³-hybridized carbons (Fsp3) is 0.500. The lowest BCUT2D eigenvalue weighted by Crippen LogP contribution is -2.33. The molecule has 0 heterocycles. The van der Waals surface area contributed by atoms with Gasteiger partial charge in [0, 0.05) is 19.2 Å². The van der Waals surface area contributed by atoms with Gasteiger partial charge in [0.2, 0.25) is 10.0 Å². The van der Waals surface area contributed by atoms with Crippen molar-refractivity contribution in [2.45, 2.75) is 31.2 Å². The number of nitrogens with two attached hydrogens (primary N) is 2. The van der Waals surface area contributed by atoms with Gasteiger partial charge in [0.25, 0.3) is 0 Å². The highest BCUT2D eigenvalue weighted by Gasteiger charge is 2.19. The lowest BCUT2D eigenvalue weighted by molar-refractivity contribution is 0.288. The van der Waals surface area contributed by atoms with Crippen LogP contribution in [0.5, 0.6) is 0 Å². The molecule has 1 aromatic rings. The molecule has 0 fully saturated rings. The first-order valence-electron chi connectivity index (χ1n) is 6.07. The second-order valence-corrected chi connectivity index (χ2v) is 6.13. The largest absolute Gasteiger partial charge is 0.396 e. The molecule has 0 saturated carbocycles. The maximum absolute atomic E-state index is 11.5. The molecule has 0 radical (unpaired) electrons. The number of benzene rings is 1. The fourth-order valence-electron chi connectivity index (χ4n) is 1.93. The Morgan fingerprint density at radius 3 is 2.47 bits per heavy atom. The topological polar surface area (TPSA) is 110 Å². The highest BCUT2D eigenvalue weighted by molar-refractivity contribution is 7.89. The Hall–Kier alpha value is -1.31. The van der Waals surface area contributed by atoms with Crippen molar-refractivity contribution in [3.63, 3.8) is 0 Å². The van der Waals surface area contributed by atoms with Crippen LogP contribution in [0.2, 0.25) is 0 Å². The third kappa shape index (κ3) is 3.82. The predicted octanol–water partition coefficient (Wildman–Crippen LogP) is 0.513. The first-order valence-corrected chi connectivity index (χ1v) is 7.62. The highest BCUT2D eigenvalue weighted by Crippen LogP contribution is 2.30. The Morgan fingerprint density at radius 2 is 2.00 bits per heavy atom. The molecule has 1 aromatic carbocycles. The Labute approximate surface area is 114 Å². The van der Waals surface area contributed by atoms with Crippen LogP contribution >= 0.6 is 0 Å². The summed E-state index contributed by atoms with van der Waals surface area (Å²) in [5, 5.41) is 14.1. The first-order chi connectivity index (χ1) is 8.79. The molecular weight excluding hydrogens is 266 g/mol. The summed E-state index contributed by atoms with van der Waals surface area (Å²) >= 11 is 0. The van der Waals surface area contributed by atoms with E-state index < -0.39 is 10.0 Å². The van der Waals surface area contributed by atoms with Crippen LogP contribution < -0.4 is 15.8 Å². The number of anilines is 2. The van der Waals surface area contributed by atoms with Gasteiger partial charge in [-0.05, 0) is 32.4 Å². The highest BCUT2D eigenvalue weighted by atomic mass is 32.2. The summed E-state index contributed by atoms with van der Waals surface area (Å²) in [6.45, 7) is 4.60. The number of nitrogen functional groups attached to an aromatic ring is 1. The molecule has 0 spiro atoms. The van der Waals surface area contributed by atoms with Crippen molar-refractivity contribution in [2.75, 3.05) is 23.8 Å². The number of sulfonamides is 1. The van der Waals surface area contributed by atoms with Gasteiger partial charge in [0.1, 0.15) is 4.90 Å². The van der Waals surface area contributed by atoms with Crippen molar-refractivity contribution < 1.29 is 13.5 Å². The third-order valence-electron chi connectivity index (χ3n) is 2.84. The van der Waals surface area contributed by atoms with Gasteiger partial charge >= 0.3 is 0 Å². The predicted molar refractivity (Wildman–Crippen MR) is 76.4 cm³/mol. The average molecular weight is 287 g/mol. The standard InChI is InChI=1S/C12H21N3O3S/c1-9(2)15(7-4-8-16)10-5-3-6-11(12(10)13)19(14,17)18/h3,5-6,9,16H,4,7-8,13H2,1-2H3,(H2,14,17,18). The van der Waals surface area contributed by atoms with Crippen molar-refractivity contribution in [1.82, 2.24) is 0 Å². The van der Waals surface area contributed by atoms with E-state index >= 15 is 0 Å². The molecule has 0 unspecified atom stereocenters. The molecule has 0 saturated heterocycles. The quantitative estimate of drug-likeness (QED) is 0.660. The second-order valence-electron chi connectivity index (χ2n) is 4.60. The van der Waals surface area contributed by atoms with Gasteiger partial charge < -0.3 is 15.7 Å². The molecule has 0 amide bonds. The summed E-state index contributed by atoms with van der Waals surface area (Å²) in [7, 11) is -3.84. The minimum absolute atomic E-state index is 0.0675. The summed E-state index contributed by atoms with van der Waals surface area (Å²) < 4.78 is 22.9. The Kier molecular flexibility index (Phi) is 5.16. The van der Waals surface area contributed by atoms with Crippen LogP contribution in [0.25, 0.3) is 0 Å². The van der Waals surface area contributed by atoms with E-state index in [-0.39, 0.29) is 23.2 Å². The Bertz CT molecular complexity index is 529. The van der Waals surface area contributed by atoms with Gasteiger partial charge in [-0.25, -0.2) is 13.6 Å². The number of primary sulfonamides is 1. The normalized spacial score (nSPS) is 11.8. The Morgan fingerprint density at radius 1 is 1.37 bits per heavy atom. The SMILES string of the molecule is CC(C)N(CCCO)c1cccc(S(N)(=O)=O)c1N. The third-order valence-corrected chi connectivity index (χ3v) is 3.81. The second kappa shape index (κ2) is 6.23. The number of para-hydroxylation sites is 1. The molecule has 0 aliphatic heterocycles. The molecule has 5 N–H and O–H groups in total. The van der Waals surface area contributed by atoms with Gasteiger partial charge in [-0.15, -0.1) is 0 Å². The van der Waals surface area contributed by atoms with E-state index in [9.17, 15) is 8.42 Å². The molecular formula is C12H21N3O3S. The van der Waals surface area contributed by atoms with Gasteiger partial charge in [-0.2, -0.15) is 0 Å². The number of aliphatic hydroxyl groups excluding tert-OH is 1. The van der Waals surface area contributed by atoms with E-state index in [4.69, 9.17) is 16.0 Å². The zero-order valence-electron chi connectivity index (χ0n) is 11.2. The van der Waals surface area contributed by atoms with Crippen LogP contribution in [-0.2, 0) is 10.0 Å². The molecule has 0 atom stereocenters. The lowest BCUT2D eigenvalue weighted by Gasteiger charge is -2.30. The Balaban J connectivity index is 3.25. The number of rotatable bonds is 6. The summed E-state index contributed by atoms with van der Waals surface area (Å²) in [5.41, 5.74) is 6.69. The molecule has 7 heteroatoms. The minimum atomic E-state index is -3.84. The molecule has 0 bridgehead atoms. The maximum atomic E-state index is 11.5. The van der Waals surface area contributed by atoms with Gasteiger partial charge in [0.05, 0.1) is 11.4 Å². The van der Waals surface area contributed by atoms with Crippen LogP contribution in [-0.4, -0.2) is 32.7 Å². The summed E-state index contributed by atoms with van der Waals surface area (Å²) in [5.74, 6) is 0. The number of hydrogen-bond donors (Lipinski definition) is 3. The minimum Gasteiger partial charge on any atom is -0.396 e. The number of nitrogens with zero attached hydrogens (tertiary/aromatic N) is 1. The van der Waals surface area contributed by atoms with E-state index in [0.29, 0.717) is 18.7 Å². The number of aliphatic hydroxyl groups is 1. The maximum Gasteiger partial charge on any atom is 0.240 e. The smallest absolute Gasteiger partial charge is 0.240 e. The van der Waals surface area contributed by atoms with Crippen molar-refractivity contribution in [3.8, 4) is 0 Å². The van der Waals surface area contributed by atoms with Gasteiger partial charge in [-0.1, -0.05) is 6.07 Å². The van der Waals surface area contributed by atoms with Crippen molar-refractivity contribution in [1.29, 1.82) is 0 Å². The molecule has 0 aliphatic rings. The lowest BCUT2D eigenvalue weighted by atomic mass is 10.2. The van der Waals surface area contributed by atoms with E-state index in [1.165, 1.54) is 6.07 Å². The summed E-state index contributed by atoms with van der Waals surface area (Å²) in [6.07, 6.45) is 0.581. The summed E-state index contributed by atoms with van der Waals surface area (Å²) in [4.78, 5) is 1.87. The van der Waals surface area contributed by atoms with Crippen LogP contribution in [0.1, 0.15) is 20.3 Å². The van der Waals surface area contributed by atoms with Crippen molar-refractivity contribution >= 4 is 21.4 Å². The molecule has 19 heavy (non-hydrogen) atoms. The zero-order valence-corrected chi connectivity index (χ0v) is 12.0. The average Bonchev–Trinajstić information content (AvgIpc) is 2.29. The van der Waals surface area contributed by atoms with E-state index in [1.54, 1.807) is 12.1 Å².